The van der Waals surface area contributed by atoms with Crippen LogP contribution in [-0.4, -0.2) is 25.2 Å². The zero-order valence-electron chi connectivity index (χ0n) is 15.6. The van der Waals surface area contributed by atoms with Gasteiger partial charge in [-0.15, -0.1) is 0 Å². The second-order valence-electron chi connectivity index (χ2n) is 7.54. The molecule has 0 amide bonds. The van der Waals surface area contributed by atoms with Crippen LogP contribution in [-0.2, 0) is 9.47 Å². The lowest BCUT2D eigenvalue weighted by atomic mass is 9.86. The number of unbranched alkanes of at least 4 members (excludes halogenated alkanes) is 1. The van der Waals surface area contributed by atoms with Gasteiger partial charge in [0.25, 0.3) is 0 Å². The van der Waals surface area contributed by atoms with Crippen molar-refractivity contribution in [1.29, 1.82) is 0 Å². The molecule has 0 fully saturated rings. The van der Waals surface area contributed by atoms with E-state index in [9.17, 15) is 9.59 Å². The van der Waals surface area contributed by atoms with Gasteiger partial charge >= 0.3 is 11.9 Å². The van der Waals surface area contributed by atoms with E-state index in [1.165, 1.54) is 0 Å². The molecule has 0 aliphatic carbocycles. The summed E-state index contributed by atoms with van der Waals surface area (Å²) in [5, 5.41) is 0. The van der Waals surface area contributed by atoms with Gasteiger partial charge in [0.15, 0.2) is 0 Å². The highest BCUT2D eigenvalue weighted by molar-refractivity contribution is 5.93. The number of esters is 2. The molecule has 0 saturated heterocycles. The number of rotatable bonds is 8. The van der Waals surface area contributed by atoms with Gasteiger partial charge in [0.2, 0.25) is 0 Å². The molecule has 134 valence electrons. The van der Waals surface area contributed by atoms with Crippen LogP contribution in [0.15, 0.2) is 24.3 Å². The van der Waals surface area contributed by atoms with Crippen molar-refractivity contribution in [2.75, 3.05) is 13.2 Å². The first-order valence-electron chi connectivity index (χ1n) is 8.67. The van der Waals surface area contributed by atoms with E-state index in [-0.39, 0.29) is 17.4 Å². The Bertz CT molecular complexity index is 526. The Morgan fingerprint density at radius 3 is 1.96 bits per heavy atom. The lowest BCUT2D eigenvalue weighted by Crippen LogP contribution is -2.18. The Kier molecular flexibility index (Phi) is 7.96. The van der Waals surface area contributed by atoms with Crippen LogP contribution in [0.1, 0.15) is 74.6 Å². The van der Waals surface area contributed by atoms with E-state index in [2.05, 4.69) is 27.7 Å². The van der Waals surface area contributed by atoms with Crippen LogP contribution in [0, 0.1) is 11.3 Å². The second kappa shape index (κ2) is 9.45. The molecule has 0 spiro atoms. The first-order valence-corrected chi connectivity index (χ1v) is 8.67. The molecule has 0 aliphatic heterocycles. The third kappa shape index (κ3) is 7.62. The molecule has 0 saturated carbocycles. The normalized spacial score (nSPS) is 12.5. The number of hydrogen-bond donors (Lipinski definition) is 0. The SMILES string of the molecule is CCCCOC(=O)c1ccc(C(=O)OCC(C)CC(C)(C)C)cc1. The quantitative estimate of drug-likeness (QED) is 0.502. The number of benzene rings is 1. The van der Waals surface area contributed by atoms with E-state index in [0.29, 0.717) is 30.3 Å². The van der Waals surface area contributed by atoms with E-state index in [4.69, 9.17) is 9.47 Å². The minimum atomic E-state index is -0.360. The van der Waals surface area contributed by atoms with Crippen molar-refractivity contribution >= 4 is 11.9 Å². The summed E-state index contributed by atoms with van der Waals surface area (Å²) in [6.45, 7) is 11.4. The van der Waals surface area contributed by atoms with Crippen molar-refractivity contribution < 1.29 is 19.1 Å². The summed E-state index contributed by atoms with van der Waals surface area (Å²) in [6, 6.07) is 6.41. The summed E-state index contributed by atoms with van der Waals surface area (Å²) in [4.78, 5) is 23.9. The number of carbonyl (C=O) groups is 2. The lowest BCUT2D eigenvalue weighted by molar-refractivity contribution is 0.0418. The molecule has 1 aromatic rings. The molecule has 1 rings (SSSR count). The smallest absolute Gasteiger partial charge is 0.338 e. The van der Waals surface area contributed by atoms with Gasteiger partial charge in [-0.25, -0.2) is 9.59 Å². The van der Waals surface area contributed by atoms with Crippen LogP contribution in [0.3, 0.4) is 0 Å². The molecule has 1 atom stereocenters. The third-order valence-electron chi connectivity index (χ3n) is 3.55. The Morgan fingerprint density at radius 2 is 1.50 bits per heavy atom. The molecule has 24 heavy (non-hydrogen) atoms. The largest absolute Gasteiger partial charge is 0.462 e. The third-order valence-corrected chi connectivity index (χ3v) is 3.55. The highest BCUT2D eigenvalue weighted by atomic mass is 16.5. The van der Waals surface area contributed by atoms with E-state index in [1.54, 1.807) is 24.3 Å². The predicted octanol–water partition coefficient (Wildman–Crippen LogP) is 4.87. The first-order chi connectivity index (χ1) is 11.2. The van der Waals surface area contributed by atoms with Crippen molar-refractivity contribution in [1.82, 2.24) is 0 Å². The van der Waals surface area contributed by atoms with Gasteiger partial charge in [0.05, 0.1) is 24.3 Å². The number of carbonyl (C=O) groups excluding carboxylic acids is 2. The zero-order chi connectivity index (χ0) is 18.2. The highest BCUT2D eigenvalue weighted by Gasteiger charge is 2.17. The average Bonchev–Trinajstić information content (AvgIpc) is 2.51. The summed E-state index contributed by atoms with van der Waals surface area (Å²) in [6.07, 6.45) is 2.82. The Labute approximate surface area is 145 Å². The molecule has 1 aromatic carbocycles. The van der Waals surface area contributed by atoms with Gasteiger partial charge in [0.1, 0.15) is 0 Å². The van der Waals surface area contributed by atoms with Crippen LogP contribution < -0.4 is 0 Å². The van der Waals surface area contributed by atoms with E-state index in [1.807, 2.05) is 6.92 Å². The number of ether oxygens (including phenoxy) is 2. The fourth-order valence-electron chi connectivity index (χ4n) is 2.54. The molecule has 1 unspecified atom stereocenters. The zero-order valence-corrected chi connectivity index (χ0v) is 15.6. The van der Waals surface area contributed by atoms with Crippen LogP contribution in [0.2, 0.25) is 0 Å². The fourth-order valence-corrected chi connectivity index (χ4v) is 2.54. The summed E-state index contributed by atoms with van der Waals surface area (Å²) in [5.41, 5.74) is 1.11. The van der Waals surface area contributed by atoms with Crippen LogP contribution in [0.4, 0.5) is 0 Å². The van der Waals surface area contributed by atoms with Gasteiger partial charge in [0, 0.05) is 0 Å². The molecule has 4 nitrogen and oxygen atoms in total. The molecular weight excluding hydrogens is 304 g/mol. The van der Waals surface area contributed by atoms with Gasteiger partial charge in [-0.1, -0.05) is 41.0 Å². The molecular formula is C20H30O4. The van der Waals surface area contributed by atoms with E-state index < -0.39 is 0 Å². The predicted molar refractivity (Wildman–Crippen MR) is 95.2 cm³/mol. The molecule has 0 bridgehead atoms. The van der Waals surface area contributed by atoms with Crippen molar-refractivity contribution in [3.8, 4) is 0 Å². The van der Waals surface area contributed by atoms with Crippen molar-refractivity contribution in [3.63, 3.8) is 0 Å². The van der Waals surface area contributed by atoms with Crippen molar-refractivity contribution in [2.45, 2.75) is 53.9 Å². The maximum absolute atomic E-state index is 12.1. The molecule has 0 radical (unpaired) electrons. The Morgan fingerprint density at radius 1 is 1.00 bits per heavy atom. The van der Waals surface area contributed by atoms with E-state index >= 15 is 0 Å². The monoisotopic (exact) mass is 334 g/mol. The van der Waals surface area contributed by atoms with E-state index in [0.717, 1.165) is 19.3 Å². The topological polar surface area (TPSA) is 52.6 Å². The van der Waals surface area contributed by atoms with Gasteiger partial charge in [-0.05, 0) is 48.4 Å². The summed E-state index contributed by atoms with van der Waals surface area (Å²) >= 11 is 0. The number of hydrogen-bond acceptors (Lipinski definition) is 4. The van der Waals surface area contributed by atoms with Crippen molar-refractivity contribution in [2.24, 2.45) is 11.3 Å². The maximum atomic E-state index is 12.1. The van der Waals surface area contributed by atoms with Crippen molar-refractivity contribution in [3.05, 3.63) is 35.4 Å². The second-order valence-corrected chi connectivity index (χ2v) is 7.54. The Balaban J connectivity index is 2.50. The highest BCUT2D eigenvalue weighted by Crippen LogP contribution is 2.24. The summed E-state index contributed by atoms with van der Waals surface area (Å²) in [5.74, 6) is -0.411. The summed E-state index contributed by atoms with van der Waals surface area (Å²) < 4.78 is 10.5. The minimum absolute atomic E-state index is 0.214. The molecule has 0 heterocycles. The first kappa shape index (κ1) is 20.2. The van der Waals surface area contributed by atoms with Crippen LogP contribution >= 0.6 is 0 Å². The minimum Gasteiger partial charge on any atom is -0.462 e. The standard InChI is InChI=1S/C20H30O4/c1-6-7-12-23-18(21)16-8-10-17(11-9-16)19(22)24-14-15(2)13-20(3,4)5/h8-11,15H,6-7,12-14H2,1-5H3. The van der Waals surface area contributed by atoms with Gasteiger partial charge in [-0.2, -0.15) is 0 Å². The molecule has 0 aromatic heterocycles. The molecule has 0 aliphatic rings. The van der Waals surface area contributed by atoms with Gasteiger partial charge in [-0.3, -0.25) is 0 Å². The molecule has 4 heteroatoms. The van der Waals surface area contributed by atoms with Crippen LogP contribution in [0.5, 0.6) is 0 Å². The van der Waals surface area contributed by atoms with Crippen LogP contribution in [0.25, 0.3) is 0 Å². The molecule has 0 N–H and O–H groups in total. The maximum Gasteiger partial charge on any atom is 0.338 e. The Hall–Kier alpha value is -1.84. The summed E-state index contributed by atoms with van der Waals surface area (Å²) in [7, 11) is 0. The fraction of sp³-hybridized carbons (Fsp3) is 0.600. The van der Waals surface area contributed by atoms with Gasteiger partial charge < -0.3 is 9.47 Å². The average molecular weight is 334 g/mol. The lowest BCUT2D eigenvalue weighted by Gasteiger charge is -2.22.